The molecule has 0 aromatic heterocycles. The van der Waals surface area contributed by atoms with Crippen LogP contribution in [-0.4, -0.2) is 6.54 Å². The van der Waals surface area contributed by atoms with E-state index in [1.165, 1.54) is 28.7 Å². The third-order valence-electron chi connectivity index (χ3n) is 3.52. The molecule has 0 fully saturated rings. The Morgan fingerprint density at radius 3 is 2.12 bits per heavy atom. The summed E-state index contributed by atoms with van der Waals surface area (Å²) < 4.78 is 0. The summed E-state index contributed by atoms with van der Waals surface area (Å²) >= 11 is 0. The van der Waals surface area contributed by atoms with Gasteiger partial charge in [0.1, 0.15) is 0 Å². The van der Waals surface area contributed by atoms with Gasteiger partial charge in [-0.1, -0.05) is 26.0 Å². The summed E-state index contributed by atoms with van der Waals surface area (Å²) in [4.78, 5) is 0. The topological polar surface area (TPSA) is 12.0 Å². The minimum Gasteiger partial charge on any atom is -0.310 e. The van der Waals surface area contributed by atoms with Gasteiger partial charge < -0.3 is 5.32 Å². The number of aryl methyl sites for hydroxylation is 3. The highest BCUT2D eigenvalue weighted by molar-refractivity contribution is 5.37. The van der Waals surface area contributed by atoms with Crippen molar-refractivity contribution in [3.8, 4) is 0 Å². The van der Waals surface area contributed by atoms with E-state index >= 15 is 0 Å². The van der Waals surface area contributed by atoms with Crippen molar-refractivity contribution in [2.45, 2.75) is 54.0 Å². The molecule has 0 aliphatic heterocycles. The van der Waals surface area contributed by atoms with Gasteiger partial charge in [0.25, 0.3) is 0 Å². The molecule has 17 heavy (non-hydrogen) atoms. The van der Waals surface area contributed by atoms with Crippen molar-refractivity contribution < 1.29 is 0 Å². The van der Waals surface area contributed by atoms with E-state index in [2.05, 4.69) is 59.0 Å². The molecule has 0 saturated carbocycles. The van der Waals surface area contributed by atoms with Gasteiger partial charge in [-0.15, -0.1) is 0 Å². The predicted octanol–water partition coefficient (Wildman–Crippen LogP) is 4.31. The van der Waals surface area contributed by atoms with Crippen LogP contribution in [0.3, 0.4) is 0 Å². The lowest BCUT2D eigenvalue weighted by molar-refractivity contribution is 0.496. The van der Waals surface area contributed by atoms with E-state index in [1.807, 2.05) is 0 Å². The zero-order valence-corrected chi connectivity index (χ0v) is 12.2. The number of benzene rings is 1. The number of rotatable bonds is 5. The zero-order chi connectivity index (χ0) is 13.0. The van der Waals surface area contributed by atoms with E-state index in [1.54, 1.807) is 0 Å². The Morgan fingerprint density at radius 1 is 0.941 bits per heavy atom. The lowest BCUT2D eigenvalue weighted by Gasteiger charge is -2.19. The second-order valence-corrected chi connectivity index (χ2v) is 5.65. The minimum absolute atomic E-state index is 0.452. The van der Waals surface area contributed by atoms with E-state index in [0.29, 0.717) is 6.04 Å². The molecule has 0 bridgehead atoms. The lowest BCUT2D eigenvalue weighted by atomic mass is 9.96. The van der Waals surface area contributed by atoms with E-state index in [0.717, 1.165) is 12.5 Å². The number of hydrogen-bond donors (Lipinski definition) is 1. The largest absolute Gasteiger partial charge is 0.310 e. The normalized spacial score (nSPS) is 13.1. The Bertz CT molecular complexity index is 366. The summed E-state index contributed by atoms with van der Waals surface area (Å²) in [5, 5.41) is 3.62. The summed E-state index contributed by atoms with van der Waals surface area (Å²) in [6, 6.07) is 5.08. The highest BCUT2D eigenvalue weighted by atomic mass is 14.9. The van der Waals surface area contributed by atoms with Gasteiger partial charge in [-0.05, 0) is 68.8 Å². The van der Waals surface area contributed by atoms with Crippen LogP contribution in [0, 0.1) is 26.7 Å². The van der Waals surface area contributed by atoms with Crippen molar-refractivity contribution in [2.24, 2.45) is 5.92 Å². The molecule has 1 heteroatoms. The molecule has 0 heterocycles. The summed E-state index contributed by atoms with van der Waals surface area (Å²) in [5.74, 6) is 0.774. The van der Waals surface area contributed by atoms with Gasteiger partial charge in [-0.25, -0.2) is 0 Å². The molecule has 1 N–H and O–H groups in total. The monoisotopic (exact) mass is 233 g/mol. The summed E-state index contributed by atoms with van der Waals surface area (Å²) in [7, 11) is 0. The first-order valence-corrected chi connectivity index (χ1v) is 6.73. The Kier molecular flexibility index (Phi) is 5.20. The Hall–Kier alpha value is -0.820. The maximum Gasteiger partial charge on any atom is 0.0294 e. The molecule has 1 aromatic rings. The Balaban J connectivity index is 2.68. The standard InChI is InChI=1S/C16H27N/c1-11(2)7-8-17-15(6)16-10-13(4)12(3)9-14(16)5/h9-11,15,17H,7-8H2,1-6H3. The fourth-order valence-corrected chi connectivity index (χ4v) is 2.15. The van der Waals surface area contributed by atoms with Crippen LogP contribution >= 0.6 is 0 Å². The van der Waals surface area contributed by atoms with Crippen LogP contribution in [0.4, 0.5) is 0 Å². The molecule has 1 atom stereocenters. The van der Waals surface area contributed by atoms with E-state index in [-0.39, 0.29) is 0 Å². The smallest absolute Gasteiger partial charge is 0.0294 e. The second kappa shape index (κ2) is 6.20. The third-order valence-corrected chi connectivity index (χ3v) is 3.52. The summed E-state index contributed by atoms with van der Waals surface area (Å²) in [5.41, 5.74) is 5.62. The highest BCUT2D eigenvalue weighted by Crippen LogP contribution is 2.21. The molecule has 0 radical (unpaired) electrons. The van der Waals surface area contributed by atoms with Crippen molar-refractivity contribution in [2.75, 3.05) is 6.54 Å². The molecule has 96 valence electrons. The third kappa shape index (κ3) is 4.16. The van der Waals surface area contributed by atoms with Crippen LogP contribution in [0.15, 0.2) is 12.1 Å². The van der Waals surface area contributed by atoms with Crippen molar-refractivity contribution in [1.82, 2.24) is 5.32 Å². The molecule has 0 aliphatic carbocycles. The van der Waals surface area contributed by atoms with Crippen molar-refractivity contribution in [3.63, 3.8) is 0 Å². The summed E-state index contributed by atoms with van der Waals surface area (Å²) in [6.07, 6.45) is 1.24. The molecular weight excluding hydrogens is 206 g/mol. The highest BCUT2D eigenvalue weighted by Gasteiger charge is 2.09. The lowest BCUT2D eigenvalue weighted by Crippen LogP contribution is -2.21. The van der Waals surface area contributed by atoms with Crippen LogP contribution in [0.2, 0.25) is 0 Å². The molecule has 1 aromatic carbocycles. The first kappa shape index (κ1) is 14.2. The van der Waals surface area contributed by atoms with E-state index in [9.17, 15) is 0 Å². The van der Waals surface area contributed by atoms with Gasteiger partial charge in [-0.2, -0.15) is 0 Å². The van der Waals surface area contributed by atoms with Crippen LogP contribution < -0.4 is 5.32 Å². The predicted molar refractivity (Wildman–Crippen MR) is 76.5 cm³/mol. The molecular formula is C16H27N. The van der Waals surface area contributed by atoms with Gasteiger partial charge in [0, 0.05) is 6.04 Å². The van der Waals surface area contributed by atoms with Gasteiger partial charge in [0.2, 0.25) is 0 Å². The molecule has 0 spiro atoms. The second-order valence-electron chi connectivity index (χ2n) is 5.65. The Morgan fingerprint density at radius 2 is 1.53 bits per heavy atom. The number of nitrogens with one attached hydrogen (secondary N) is 1. The SMILES string of the molecule is Cc1cc(C)c(C(C)NCCC(C)C)cc1C. The van der Waals surface area contributed by atoms with Crippen molar-refractivity contribution >= 4 is 0 Å². The van der Waals surface area contributed by atoms with Gasteiger partial charge in [0.05, 0.1) is 0 Å². The maximum absolute atomic E-state index is 3.62. The zero-order valence-electron chi connectivity index (χ0n) is 12.2. The average Bonchev–Trinajstić information content (AvgIpc) is 2.22. The molecule has 1 nitrogen and oxygen atoms in total. The van der Waals surface area contributed by atoms with E-state index < -0.39 is 0 Å². The van der Waals surface area contributed by atoms with Gasteiger partial charge in [-0.3, -0.25) is 0 Å². The maximum atomic E-state index is 3.62. The van der Waals surface area contributed by atoms with Crippen LogP contribution in [0.25, 0.3) is 0 Å². The molecule has 0 aliphatic rings. The van der Waals surface area contributed by atoms with Crippen molar-refractivity contribution in [1.29, 1.82) is 0 Å². The Labute approximate surface area is 107 Å². The molecule has 0 amide bonds. The van der Waals surface area contributed by atoms with Crippen LogP contribution in [-0.2, 0) is 0 Å². The van der Waals surface area contributed by atoms with Crippen LogP contribution in [0.5, 0.6) is 0 Å². The first-order chi connectivity index (χ1) is 7.91. The molecule has 0 saturated heterocycles. The molecule has 1 unspecified atom stereocenters. The fraction of sp³-hybridized carbons (Fsp3) is 0.625. The van der Waals surface area contributed by atoms with Crippen molar-refractivity contribution in [3.05, 3.63) is 34.4 Å². The van der Waals surface area contributed by atoms with Crippen LogP contribution in [0.1, 0.15) is 55.5 Å². The number of hydrogen-bond acceptors (Lipinski definition) is 1. The quantitative estimate of drug-likeness (QED) is 0.799. The average molecular weight is 233 g/mol. The van der Waals surface area contributed by atoms with Gasteiger partial charge in [0.15, 0.2) is 0 Å². The minimum atomic E-state index is 0.452. The first-order valence-electron chi connectivity index (χ1n) is 6.73. The fourth-order valence-electron chi connectivity index (χ4n) is 2.15. The van der Waals surface area contributed by atoms with Gasteiger partial charge >= 0.3 is 0 Å². The molecule has 1 rings (SSSR count). The summed E-state index contributed by atoms with van der Waals surface area (Å²) in [6.45, 7) is 14.5. The van der Waals surface area contributed by atoms with E-state index in [4.69, 9.17) is 0 Å².